The van der Waals surface area contributed by atoms with Gasteiger partial charge < -0.3 is 10.4 Å². The molecule has 0 aromatic carbocycles. The maximum absolute atomic E-state index is 8.60. The first-order valence-electron chi connectivity index (χ1n) is 5.71. The predicted octanol–water partition coefficient (Wildman–Crippen LogP) is 1.33. The van der Waals surface area contributed by atoms with Crippen LogP contribution in [0.4, 0.5) is 0 Å². The van der Waals surface area contributed by atoms with Gasteiger partial charge >= 0.3 is 0 Å². The molecule has 0 aliphatic rings. The first kappa shape index (κ1) is 13.5. The molecule has 1 rings (SSSR count). The summed E-state index contributed by atoms with van der Waals surface area (Å²) in [5, 5.41) is 12.0. The minimum absolute atomic E-state index is 0.307. The van der Waals surface area contributed by atoms with E-state index in [4.69, 9.17) is 5.11 Å². The van der Waals surface area contributed by atoms with Gasteiger partial charge in [-0.05, 0) is 36.8 Å². The molecule has 0 unspecified atom stereocenters. The molecule has 0 radical (unpaired) electrons. The highest BCUT2D eigenvalue weighted by atomic mass is 32.2. The van der Waals surface area contributed by atoms with Gasteiger partial charge in [0, 0.05) is 31.3 Å². The van der Waals surface area contributed by atoms with E-state index in [9.17, 15) is 0 Å². The summed E-state index contributed by atoms with van der Waals surface area (Å²) in [6.07, 6.45) is 5.65. The summed E-state index contributed by atoms with van der Waals surface area (Å²) in [6, 6.07) is 4.07. The molecule has 1 aromatic heterocycles. The Kier molecular flexibility index (Phi) is 8.12. The molecule has 0 fully saturated rings. The van der Waals surface area contributed by atoms with Crippen molar-refractivity contribution < 1.29 is 5.11 Å². The average molecular weight is 240 g/mol. The number of nitrogens with zero attached hydrogens (tertiary/aromatic N) is 1. The van der Waals surface area contributed by atoms with Crippen LogP contribution in [0.5, 0.6) is 0 Å². The lowest BCUT2D eigenvalue weighted by atomic mass is 10.2. The van der Waals surface area contributed by atoms with E-state index >= 15 is 0 Å². The van der Waals surface area contributed by atoms with Crippen molar-refractivity contribution >= 4 is 11.8 Å². The molecule has 0 amide bonds. The van der Waals surface area contributed by atoms with Crippen molar-refractivity contribution in [3.63, 3.8) is 0 Å². The Balaban J connectivity index is 1.89. The van der Waals surface area contributed by atoms with Crippen LogP contribution in [0.1, 0.15) is 12.0 Å². The molecule has 0 aliphatic heterocycles. The van der Waals surface area contributed by atoms with Gasteiger partial charge in [0.1, 0.15) is 0 Å². The third-order valence-electron chi connectivity index (χ3n) is 2.18. The molecule has 4 heteroatoms. The number of hydrogen-bond donors (Lipinski definition) is 2. The van der Waals surface area contributed by atoms with Crippen LogP contribution in [0.2, 0.25) is 0 Å². The van der Waals surface area contributed by atoms with E-state index in [1.54, 1.807) is 6.20 Å². The summed E-state index contributed by atoms with van der Waals surface area (Å²) in [5.74, 6) is 2.17. The second kappa shape index (κ2) is 9.63. The molecule has 0 saturated heterocycles. The van der Waals surface area contributed by atoms with Gasteiger partial charge in [0.2, 0.25) is 0 Å². The smallest absolute Gasteiger partial charge is 0.0438 e. The van der Waals surface area contributed by atoms with Gasteiger partial charge in [0.15, 0.2) is 0 Å². The predicted molar refractivity (Wildman–Crippen MR) is 69.8 cm³/mol. The normalized spacial score (nSPS) is 10.6. The largest absolute Gasteiger partial charge is 0.396 e. The first-order chi connectivity index (χ1) is 7.93. The molecular formula is C12H20N2OS. The molecule has 1 heterocycles. The number of thioether (sulfide) groups is 1. The van der Waals surface area contributed by atoms with Crippen molar-refractivity contribution in [2.45, 2.75) is 12.8 Å². The van der Waals surface area contributed by atoms with Crippen LogP contribution in [0.15, 0.2) is 24.5 Å². The van der Waals surface area contributed by atoms with Gasteiger partial charge in [-0.25, -0.2) is 0 Å². The van der Waals surface area contributed by atoms with Crippen molar-refractivity contribution in [3.05, 3.63) is 30.1 Å². The third kappa shape index (κ3) is 6.82. The Labute approximate surface area is 102 Å². The van der Waals surface area contributed by atoms with E-state index in [0.717, 1.165) is 37.4 Å². The van der Waals surface area contributed by atoms with Gasteiger partial charge in [-0.1, -0.05) is 6.07 Å². The molecule has 90 valence electrons. The van der Waals surface area contributed by atoms with E-state index in [-0.39, 0.29) is 0 Å². The summed E-state index contributed by atoms with van der Waals surface area (Å²) in [4.78, 5) is 4.08. The van der Waals surface area contributed by atoms with Crippen LogP contribution in [0.25, 0.3) is 0 Å². The van der Waals surface area contributed by atoms with E-state index in [1.165, 1.54) is 5.56 Å². The lowest BCUT2D eigenvalue weighted by Crippen LogP contribution is -2.20. The Morgan fingerprint density at radius 3 is 3.00 bits per heavy atom. The minimum Gasteiger partial charge on any atom is -0.396 e. The number of aliphatic hydroxyl groups is 1. The maximum atomic E-state index is 8.60. The molecule has 0 aliphatic carbocycles. The zero-order chi connectivity index (χ0) is 11.5. The second-order valence-corrected chi connectivity index (χ2v) is 4.78. The summed E-state index contributed by atoms with van der Waals surface area (Å²) in [5.41, 5.74) is 1.28. The SMILES string of the molecule is OCCCSCCNCCc1cccnc1. The first-order valence-corrected chi connectivity index (χ1v) is 6.87. The third-order valence-corrected chi connectivity index (χ3v) is 3.25. The Bertz CT molecular complexity index is 256. The lowest BCUT2D eigenvalue weighted by Gasteiger charge is -2.04. The zero-order valence-electron chi connectivity index (χ0n) is 9.56. The van der Waals surface area contributed by atoms with Gasteiger partial charge in [0.25, 0.3) is 0 Å². The van der Waals surface area contributed by atoms with Gasteiger partial charge in [0.05, 0.1) is 0 Å². The average Bonchev–Trinajstić information content (AvgIpc) is 2.34. The zero-order valence-corrected chi connectivity index (χ0v) is 10.4. The number of aliphatic hydroxyl groups excluding tert-OH is 1. The van der Waals surface area contributed by atoms with Crippen LogP contribution in [-0.4, -0.2) is 41.3 Å². The molecule has 0 spiro atoms. The Morgan fingerprint density at radius 2 is 2.25 bits per heavy atom. The van der Waals surface area contributed by atoms with Crippen LogP contribution in [0.3, 0.4) is 0 Å². The molecule has 2 N–H and O–H groups in total. The summed E-state index contributed by atoms with van der Waals surface area (Å²) in [6.45, 7) is 2.35. The molecule has 0 bridgehead atoms. The number of pyridine rings is 1. The van der Waals surface area contributed by atoms with Crippen molar-refractivity contribution in [2.75, 3.05) is 31.2 Å². The highest BCUT2D eigenvalue weighted by molar-refractivity contribution is 7.99. The van der Waals surface area contributed by atoms with Crippen molar-refractivity contribution in [3.8, 4) is 0 Å². The molecule has 0 atom stereocenters. The quantitative estimate of drug-likeness (QED) is 0.639. The number of hydrogen-bond acceptors (Lipinski definition) is 4. The highest BCUT2D eigenvalue weighted by Gasteiger charge is 1.92. The van der Waals surface area contributed by atoms with Crippen molar-refractivity contribution in [1.29, 1.82) is 0 Å². The number of nitrogens with one attached hydrogen (secondary N) is 1. The summed E-state index contributed by atoms with van der Waals surface area (Å²) in [7, 11) is 0. The summed E-state index contributed by atoms with van der Waals surface area (Å²) < 4.78 is 0. The standard InChI is InChI=1S/C12H20N2OS/c15-8-2-9-16-10-7-13-6-4-12-3-1-5-14-11-12/h1,3,5,11,13,15H,2,4,6-10H2. The van der Waals surface area contributed by atoms with Crippen molar-refractivity contribution in [2.24, 2.45) is 0 Å². The monoisotopic (exact) mass is 240 g/mol. The minimum atomic E-state index is 0.307. The van der Waals surface area contributed by atoms with Gasteiger partial charge in [-0.15, -0.1) is 0 Å². The molecule has 0 saturated carbocycles. The number of rotatable bonds is 9. The van der Waals surface area contributed by atoms with E-state index in [0.29, 0.717) is 6.61 Å². The van der Waals surface area contributed by atoms with Crippen molar-refractivity contribution in [1.82, 2.24) is 10.3 Å². The lowest BCUT2D eigenvalue weighted by molar-refractivity contribution is 0.296. The fourth-order valence-corrected chi connectivity index (χ4v) is 2.14. The Morgan fingerprint density at radius 1 is 1.31 bits per heavy atom. The fourth-order valence-electron chi connectivity index (χ4n) is 1.32. The molecule has 1 aromatic rings. The fraction of sp³-hybridized carbons (Fsp3) is 0.583. The van der Waals surface area contributed by atoms with E-state index < -0.39 is 0 Å². The Hall–Kier alpha value is -0.580. The second-order valence-electron chi connectivity index (χ2n) is 3.55. The van der Waals surface area contributed by atoms with Gasteiger partial charge in [-0.3, -0.25) is 4.98 Å². The van der Waals surface area contributed by atoms with Crippen LogP contribution in [0, 0.1) is 0 Å². The molecular weight excluding hydrogens is 220 g/mol. The topological polar surface area (TPSA) is 45.1 Å². The molecule has 16 heavy (non-hydrogen) atoms. The molecule has 3 nitrogen and oxygen atoms in total. The van der Waals surface area contributed by atoms with Crippen LogP contribution in [-0.2, 0) is 6.42 Å². The van der Waals surface area contributed by atoms with Crippen LogP contribution < -0.4 is 5.32 Å². The highest BCUT2D eigenvalue weighted by Crippen LogP contribution is 2.00. The van der Waals surface area contributed by atoms with E-state index in [2.05, 4.69) is 16.4 Å². The van der Waals surface area contributed by atoms with Gasteiger partial charge in [-0.2, -0.15) is 11.8 Å². The summed E-state index contributed by atoms with van der Waals surface area (Å²) >= 11 is 1.89. The van der Waals surface area contributed by atoms with Crippen LogP contribution >= 0.6 is 11.8 Å². The van der Waals surface area contributed by atoms with E-state index in [1.807, 2.05) is 24.0 Å². The maximum Gasteiger partial charge on any atom is 0.0438 e. The number of aromatic nitrogens is 1.